The molecule has 0 aliphatic rings. The number of para-hydroxylation sites is 1. The predicted molar refractivity (Wildman–Crippen MR) is 121 cm³/mol. The highest BCUT2D eigenvalue weighted by atomic mass is 16.5. The van der Waals surface area contributed by atoms with Crippen molar-refractivity contribution in [1.29, 1.82) is 0 Å². The van der Waals surface area contributed by atoms with Gasteiger partial charge in [-0.2, -0.15) is 0 Å². The monoisotopic (exact) mass is 417 g/mol. The van der Waals surface area contributed by atoms with Crippen LogP contribution >= 0.6 is 0 Å². The van der Waals surface area contributed by atoms with Crippen molar-refractivity contribution in [2.75, 3.05) is 19.0 Å². The number of rotatable bonds is 5. The molecule has 158 valence electrons. The van der Waals surface area contributed by atoms with Crippen LogP contribution in [0.1, 0.15) is 16.7 Å². The van der Waals surface area contributed by atoms with Gasteiger partial charge in [-0.15, -0.1) is 0 Å². The van der Waals surface area contributed by atoms with Crippen molar-refractivity contribution in [3.8, 4) is 11.5 Å². The van der Waals surface area contributed by atoms with Crippen LogP contribution in [0.3, 0.4) is 0 Å². The predicted octanol–water partition coefficient (Wildman–Crippen LogP) is 4.90. The summed E-state index contributed by atoms with van der Waals surface area (Å²) in [7, 11) is 1.52. The van der Waals surface area contributed by atoms with Crippen molar-refractivity contribution in [1.82, 2.24) is 0 Å². The second-order valence-electron chi connectivity index (χ2n) is 7.54. The standard InChI is InChI=1S/C25H23NO5/c1-14-10-15(2)24(16(3)11-14)30-13-22(27)26-17-8-9-18-21(12-17)31-25-19(23(18)28)6-5-7-20(25)29-4/h5-12H,13H2,1-4H3,(H,26,27). The van der Waals surface area contributed by atoms with E-state index in [2.05, 4.69) is 5.32 Å². The summed E-state index contributed by atoms with van der Waals surface area (Å²) in [5, 5.41) is 3.67. The van der Waals surface area contributed by atoms with Crippen LogP contribution in [0.2, 0.25) is 0 Å². The number of methoxy groups -OCH3 is 1. The second-order valence-corrected chi connectivity index (χ2v) is 7.54. The topological polar surface area (TPSA) is 77.8 Å². The molecule has 1 aromatic heterocycles. The molecule has 0 aliphatic heterocycles. The molecule has 3 aromatic carbocycles. The minimum absolute atomic E-state index is 0.127. The van der Waals surface area contributed by atoms with E-state index in [9.17, 15) is 9.59 Å². The van der Waals surface area contributed by atoms with E-state index in [1.807, 2.05) is 32.9 Å². The van der Waals surface area contributed by atoms with Crippen LogP contribution in [0.25, 0.3) is 21.9 Å². The minimum Gasteiger partial charge on any atom is -0.493 e. The van der Waals surface area contributed by atoms with Gasteiger partial charge in [0.15, 0.2) is 17.9 Å². The Labute approximate surface area is 179 Å². The maximum Gasteiger partial charge on any atom is 0.262 e. The number of hydrogen-bond acceptors (Lipinski definition) is 5. The van der Waals surface area contributed by atoms with E-state index in [-0.39, 0.29) is 17.9 Å². The second kappa shape index (κ2) is 8.14. The van der Waals surface area contributed by atoms with E-state index < -0.39 is 0 Å². The number of carbonyl (C=O) groups excluding carboxylic acids is 1. The van der Waals surface area contributed by atoms with Crippen molar-refractivity contribution in [2.24, 2.45) is 0 Å². The summed E-state index contributed by atoms with van der Waals surface area (Å²) < 4.78 is 17.0. The van der Waals surface area contributed by atoms with Gasteiger partial charge < -0.3 is 19.2 Å². The van der Waals surface area contributed by atoms with Gasteiger partial charge in [-0.3, -0.25) is 9.59 Å². The van der Waals surface area contributed by atoms with Crippen LogP contribution in [-0.2, 0) is 4.79 Å². The lowest BCUT2D eigenvalue weighted by Crippen LogP contribution is -2.20. The molecule has 1 heterocycles. The van der Waals surface area contributed by atoms with Gasteiger partial charge in [0.1, 0.15) is 11.3 Å². The Hall–Kier alpha value is -3.80. The Morgan fingerprint density at radius 3 is 2.45 bits per heavy atom. The molecule has 1 N–H and O–H groups in total. The van der Waals surface area contributed by atoms with Gasteiger partial charge in [0.25, 0.3) is 5.91 Å². The fourth-order valence-corrected chi connectivity index (χ4v) is 3.82. The summed E-state index contributed by atoms with van der Waals surface area (Å²) in [5.74, 6) is 0.881. The van der Waals surface area contributed by atoms with Crippen LogP contribution < -0.4 is 20.2 Å². The lowest BCUT2D eigenvalue weighted by molar-refractivity contribution is -0.118. The molecule has 0 atom stereocenters. The number of amides is 1. The largest absolute Gasteiger partial charge is 0.493 e. The molecule has 0 saturated carbocycles. The fourth-order valence-electron chi connectivity index (χ4n) is 3.82. The highest BCUT2D eigenvalue weighted by Crippen LogP contribution is 2.28. The molecular formula is C25H23NO5. The molecular weight excluding hydrogens is 394 g/mol. The third-order valence-corrected chi connectivity index (χ3v) is 5.12. The van der Waals surface area contributed by atoms with Crippen molar-refractivity contribution < 1.29 is 18.7 Å². The molecule has 0 aliphatic carbocycles. The lowest BCUT2D eigenvalue weighted by atomic mass is 10.1. The first-order chi connectivity index (χ1) is 14.9. The molecule has 0 radical (unpaired) electrons. The quantitative estimate of drug-likeness (QED) is 0.468. The Bertz CT molecular complexity index is 1350. The number of nitrogens with one attached hydrogen (secondary N) is 1. The molecule has 31 heavy (non-hydrogen) atoms. The van der Waals surface area contributed by atoms with Crippen LogP contribution in [0, 0.1) is 20.8 Å². The zero-order valence-electron chi connectivity index (χ0n) is 17.9. The summed E-state index contributed by atoms with van der Waals surface area (Å²) in [6, 6.07) is 14.2. The fraction of sp³-hybridized carbons (Fsp3) is 0.200. The highest BCUT2D eigenvalue weighted by molar-refractivity contribution is 5.97. The zero-order valence-corrected chi connectivity index (χ0v) is 17.9. The van der Waals surface area contributed by atoms with E-state index in [1.165, 1.54) is 7.11 Å². The van der Waals surface area contributed by atoms with Gasteiger partial charge in [0, 0.05) is 11.8 Å². The number of hydrogen-bond donors (Lipinski definition) is 1. The Morgan fingerprint density at radius 2 is 1.74 bits per heavy atom. The average molecular weight is 417 g/mol. The summed E-state index contributed by atoms with van der Waals surface area (Å²) in [6.07, 6.45) is 0. The Kier molecular flexibility index (Phi) is 5.38. The highest BCUT2D eigenvalue weighted by Gasteiger charge is 2.13. The smallest absolute Gasteiger partial charge is 0.262 e. The molecule has 4 rings (SSSR count). The molecule has 4 aromatic rings. The number of carbonyl (C=O) groups is 1. The van der Waals surface area contributed by atoms with Crippen molar-refractivity contribution in [2.45, 2.75) is 20.8 Å². The maximum atomic E-state index is 12.8. The van der Waals surface area contributed by atoms with Crippen molar-refractivity contribution in [3.05, 3.63) is 75.4 Å². The summed E-state index contributed by atoms with van der Waals surface area (Å²) in [5.41, 5.74) is 4.22. The van der Waals surface area contributed by atoms with Crippen molar-refractivity contribution >= 4 is 33.5 Å². The van der Waals surface area contributed by atoms with E-state index >= 15 is 0 Å². The molecule has 0 saturated heterocycles. The maximum absolute atomic E-state index is 12.8. The van der Waals surface area contributed by atoms with E-state index in [4.69, 9.17) is 13.9 Å². The molecule has 0 bridgehead atoms. The molecule has 0 spiro atoms. The molecule has 1 amide bonds. The van der Waals surface area contributed by atoms with E-state index in [1.54, 1.807) is 36.4 Å². The summed E-state index contributed by atoms with van der Waals surface area (Å²) in [6.45, 7) is 5.81. The van der Waals surface area contributed by atoms with Gasteiger partial charge in [-0.25, -0.2) is 0 Å². The number of anilines is 1. The van der Waals surface area contributed by atoms with Crippen LogP contribution in [-0.4, -0.2) is 19.6 Å². The molecule has 6 nitrogen and oxygen atoms in total. The minimum atomic E-state index is -0.306. The first kappa shape index (κ1) is 20.5. The van der Waals surface area contributed by atoms with Gasteiger partial charge in [0.2, 0.25) is 5.43 Å². The van der Waals surface area contributed by atoms with Gasteiger partial charge in [-0.1, -0.05) is 23.8 Å². The number of benzene rings is 3. The zero-order chi connectivity index (χ0) is 22.1. The number of aryl methyl sites for hydroxylation is 3. The molecule has 0 unspecified atom stereocenters. The normalized spacial score (nSPS) is 11.0. The number of fused-ring (bicyclic) bond motifs is 2. The lowest BCUT2D eigenvalue weighted by Gasteiger charge is -2.13. The summed E-state index contributed by atoms with van der Waals surface area (Å²) in [4.78, 5) is 25.3. The van der Waals surface area contributed by atoms with Crippen molar-refractivity contribution in [3.63, 3.8) is 0 Å². The summed E-state index contributed by atoms with van der Waals surface area (Å²) >= 11 is 0. The third-order valence-electron chi connectivity index (χ3n) is 5.12. The first-order valence-corrected chi connectivity index (χ1v) is 9.91. The van der Waals surface area contributed by atoms with E-state index in [0.29, 0.717) is 39.1 Å². The Balaban J connectivity index is 1.58. The van der Waals surface area contributed by atoms with Gasteiger partial charge in [0.05, 0.1) is 17.9 Å². The van der Waals surface area contributed by atoms with Gasteiger partial charge in [-0.05, 0) is 56.2 Å². The first-order valence-electron chi connectivity index (χ1n) is 9.91. The van der Waals surface area contributed by atoms with Crippen LogP contribution in [0.5, 0.6) is 11.5 Å². The number of ether oxygens (including phenoxy) is 2. The molecule has 0 fully saturated rings. The third kappa shape index (κ3) is 3.97. The van der Waals surface area contributed by atoms with E-state index in [0.717, 1.165) is 16.7 Å². The van der Waals surface area contributed by atoms with Crippen LogP contribution in [0.15, 0.2) is 57.7 Å². The van der Waals surface area contributed by atoms with Crippen LogP contribution in [0.4, 0.5) is 5.69 Å². The SMILES string of the molecule is COc1cccc2c(=O)c3ccc(NC(=O)COc4c(C)cc(C)cc4C)cc3oc12. The Morgan fingerprint density at radius 1 is 1.00 bits per heavy atom. The van der Waals surface area contributed by atoms with Gasteiger partial charge >= 0.3 is 0 Å². The average Bonchev–Trinajstić information content (AvgIpc) is 2.72. The molecule has 6 heteroatoms.